The summed E-state index contributed by atoms with van der Waals surface area (Å²) in [5, 5.41) is 34.8. The summed E-state index contributed by atoms with van der Waals surface area (Å²) in [6.45, 7) is 0. The standard InChI is InChI=1S/C16H11N3O3/c17-8-10-1-4-12(5-2-10)22-15-9-18-19-16(15)13-6-3-11(20)7-14(13)21/h1-7,9,20-21H,(H,18,19). The van der Waals surface area contributed by atoms with Crippen LogP contribution in [0.1, 0.15) is 5.56 Å². The molecule has 108 valence electrons. The number of rotatable bonds is 3. The van der Waals surface area contributed by atoms with Crippen LogP contribution in [0, 0.1) is 11.3 Å². The van der Waals surface area contributed by atoms with E-state index in [0.29, 0.717) is 28.3 Å². The number of aromatic nitrogens is 2. The summed E-state index contributed by atoms with van der Waals surface area (Å²) in [6.07, 6.45) is 1.56. The van der Waals surface area contributed by atoms with Gasteiger partial charge in [0.05, 0.1) is 17.8 Å². The number of phenols is 2. The van der Waals surface area contributed by atoms with Crippen molar-refractivity contribution in [3.63, 3.8) is 0 Å². The fraction of sp³-hybridized carbons (Fsp3) is 0. The number of benzene rings is 2. The first-order valence-corrected chi connectivity index (χ1v) is 6.41. The van der Waals surface area contributed by atoms with Gasteiger partial charge in [0.15, 0.2) is 5.75 Å². The summed E-state index contributed by atoms with van der Waals surface area (Å²) in [6, 6.07) is 12.9. The quantitative estimate of drug-likeness (QED) is 0.688. The summed E-state index contributed by atoms with van der Waals surface area (Å²) >= 11 is 0. The number of nitriles is 1. The minimum absolute atomic E-state index is 0.0358. The van der Waals surface area contributed by atoms with E-state index < -0.39 is 0 Å². The van der Waals surface area contributed by atoms with E-state index in [1.807, 2.05) is 6.07 Å². The number of hydrogen-bond donors (Lipinski definition) is 3. The molecule has 0 fully saturated rings. The van der Waals surface area contributed by atoms with Crippen molar-refractivity contribution in [3.8, 4) is 40.3 Å². The highest BCUT2D eigenvalue weighted by atomic mass is 16.5. The van der Waals surface area contributed by atoms with E-state index in [9.17, 15) is 10.2 Å². The van der Waals surface area contributed by atoms with Crippen LogP contribution >= 0.6 is 0 Å². The fourth-order valence-electron chi connectivity index (χ4n) is 1.99. The van der Waals surface area contributed by atoms with Crippen LogP contribution in [-0.4, -0.2) is 20.4 Å². The minimum atomic E-state index is -0.100. The monoisotopic (exact) mass is 293 g/mol. The normalized spacial score (nSPS) is 10.1. The van der Waals surface area contributed by atoms with Gasteiger partial charge in [-0.15, -0.1) is 0 Å². The third-order valence-electron chi connectivity index (χ3n) is 3.05. The molecule has 2 aromatic carbocycles. The van der Waals surface area contributed by atoms with Crippen LogP contribution in [0.15, 0.2) is 48.7 Å². The smallest absolute Gasteiger partial charge is 0.173 e. The lowest BCUT2D eigenvalue weighted by Crippen LogP contribution is -1.87. The molecule has 0 unspecified atom stereocenters. The Morgan fingerprint density at radius 1 is 1.09 bits per heavy atom. The Morgan fingerprint density at radius 2 is 1.86 bits per heavy atom. The van der Waals surface area contributed by atoms with Crippen LogP contribution in [0.4, 0.5) is 0 Å². The predicted octanol–water partition coefficient (Wildman–Crippen LogP) is 3.15. The van der Waals surface area contributed by atoms with Gasteiger partial charge in [0, 0.05) is 11.6 Å². The minimum Gasteiger partial charge on any atom is -0.508 e. The number of ether oxygens (including phenoxy) is 1. The maximum absolute atomic E-state index is 9.92. The van der Waals surface area contributed by atoms with Gasteiger partial charge in [-0.2, -0.15) is 10.4 Å². The number of aromatic hydroxyl groups is 2. The summed E-state index contributed by atoms with van der Waals surface area (Å²) in [7, 11) is 0. The molecule has 1 aromatic heterocycles. The van der Waals surface area contributed by atoms with E-state index in [-0.39, 0.29) is 11.5 Å². The predicted molar refractivity (Wildman–Crippen MR) is 78.6 cm³/mol. The lowest BCUT2D eigenvalue weighted by molar-refractivity contribution is 0.450. The SMILES string of the molecule is N#Cc1ccc(Oc2c[nH]nc2-c2ccc(O)cc2O)cc1. The first kappa shape index (κ1) is 13.5. The average molecular weight is 293 g/mol. The van der Waals surface area contributed by atoms with Gasteiger partial charge in [-0.25, -0.2) is 0 Å². The molecule has 0 spiro atoms. The Morgan fingerprint density at radius 3 is 2.55 bits per heavy atom. The van der Waals surface area contributed by atoms with E-state index in [4.69, 9.17) is 10.00 Å². The van der Waals surface area contributed by atoms with E-state index in [0.717, 1.165) is 0 Å². The van der Waals surface area contributed by atoms with Crippen molar-refractivity contribution in [2.24, 2.45) is 0 Å². The second kappa shape index (κ2) is 5.50. The van der Waals surface area contributed by atoms with Crippen LogP contribution < -0.4 is 4.74 Å². The molecule has 0 atom stereocenters. The Labute approximate surface area is 125 Å². The number of aromatic amines is 1. The lowest BCUT2D eigenvalue weighted by Gasteiger charge is -2.07. The fourth-order valence-corrected chi connectivity index (χ4v) is 1.99. The van der Waals surface area contributed by atoms with Gasteiger partial charge in [-0.05, 0) is 36.4 Å². The molecule has 3 aromatic rings. The van der Waals surface area contributed by atoms with Crippen molar-refractivity contribution in [2.75, 3.05) is 0 Å². The molecular formula is C16H11N3O3. The van der Waals surface area contributed by atoms with Crippen molar-refractivity contribution >= 4 is 0 Å². The number of H-pyrrole nitrogens is 1. The van der Waals surface area contributed by atoms with Crippen molar-refractivity contribution in [3.05, 3.63) is 54.2 Å². The molecule has 6 nitrogen and oxygen atoms in total. The van der Waals surface area contributed by atoms with Gasteiger partial charge in [0.2, 0.25) is 0 Å². The van der Waals surface area contributed by atoms with Gasteiger partial charge >= 0.3 is 0 Å². The third kappa shape index (κ3) is 2.55. The highest BCUT2D eigenvalue weighted by Crippen LogP contribution is 2.37. The molecule has 0 saturated heterocycles. The second-order valence-corrected chi connectivity index (χ2v) is 4.54. The Kier molecular flexibility index (Phi) is 3.38. The lowest BCUT2D eigenvalue weighted by atomic mass is 10.1. The Bertz CT molecular complexity index is 848. The molecular weight excluding hydrogens is 282 g/mol. The highest BCUT2D eigenvalue weighted by molar-refractivity contribution is 5.72. The van der Waals surface area contributed by atoms with Gasteiger partial charge in [-0.3, -0.25) is 5.10 Å². The maximum Gasteiger partial charge on any atom is 0.173 e. The molecule has 0 saturated carbocycles. The van der Waals surface area contributed by atoms with Crippen LogP contribution in [-0.2, 0) is 0 Å². The molecule has 0 aliphatic rings. The van der Waals surface area contributed by atoms with Crippen LogP contribution in [0.2, 0.25) is 0 Å². The van der Waals surface area contributed by atoms with Crippen LogP contribution in [0.25, 0.3) is 11.3 Å². The Hall–Kier alpha value is -3.46. The van der Waals surface area contributed by atoms with Gasteiger partial charge < -0.3 is 14.9 Å². The van der Waals surface area contributed by atoms with E-state index in [2.05, 4.69) is 10.2 Å². The first-order valence-electron chi connectivity index (χ1n) is 6.41. The molecule has 1 heterocycles. The van der Waals surface area contributed by atoms with E-state index in [1.165, 1.54) is 12.1 Å². The van der Waals surface area contributed by atoms with Gasteiger partial charge in [0.1, 0.15) is 22.9 Å². The molecule has 0 aliphatic heterocycles. The molecule has 0 amide bonds. The summed E-state index contributed by atoms with van der Waals surface area (Å²) in [5.74, 6) is 0.828. The zero-order valence-corrected chi connectivity index (χ0v) is 11.3. The summed E-state index contributed by atoms with van der Waals surface area (Å²) in [5.41, 5.74) is 1.39. The van der Waals surface area contributed by atoms with Crippen molar-refractivity contribution in [1.29, 1.82) is 5.26 Å². The second-order valence-electron chi connectivity index (χ2n) is 4.54. The van der Waals surface area contributed by atoms with E-state index in [1.54, 1.807) is 36.5 Å². The zero-order valence-electron chi connectivity index (χ0n) is 11.3. The number of nitrogens with zero attached hydrogens (tertiary/aromatic N) is 2. The average Bonchev–Trinajstić information content (AvgIpc) is 2.96. The maximum atomic E-state index is 9.92. The highest BCUT2D eigenvalue weighted by Gasteiger charge is 2.14. The molecule has 22 heavy (non-hydrogen) atoms. The molecule has 0 aliphatic carbocycles. The summed E-state index contributed by atoms with van der Waals surface area (Å²) < 4.78 is 5.71. The zero-order chi connectivity index (χ0) is 15.5. The molecule has 3 rings (SSSR count). The summed E-state index contributed by atoms with van der Waals surface area (Å²) in [4.78, 5) is 0. The molecule has 0 bridgehead atoms. The van der Waals surface area contributed by atoms with E-state index >= 15 is 0 Å². The van der Waals surface area contributed by atoms with Crippen molar-refractivity contribution in [2.45, 2.75) is 0 Å². The molecule has 6 heteroatoms. The Balaban J connectivity index is 1.93. The van der Waals surface area contributed by atoms with Crippen LogP contribution in [0.5, 0.6) is 23.0 Å². The van der Waals surface area contributed by atoms with Gasteiger partial charge in [-0.1, -0.05) is 0 Å². The van der Waals surface area contributed by atoms with Crippen molar-refractivity contribution < 1.29 is 14.9 Å². The van der Waals surface area contributed by atoms with Crippen LogP contribution in [0.3, 0.4) is 0 Å². The van der Waals surface area contributed by atoms with Gasteiger partial charge in [0.25, 0.3) is 0 Å². The number of phenolic OH excluding ortho intramolecular Hbond substituents is 2. The topological polar surface area (TPSA) is 102 Å². The first-order chi connectivity index (χ1) is 10.7. The van der Waals surface area contributed by atoms with Crippen molar-refractivity contribution in [1.82, 2.24) is 10.2 Å². The molecule has 0 radical (unpaired) electrons. The number of nitrogens with one attached hydrogen (secondary N) is 1. The molecule has 3 N–H and O–H groups in total. The largest absolute Gasteiger partial charge is 0.508 e. The number of hydrogen-bond acceptors (Lipinski definition) is 5. The third-order valence-corrected chi connectivity index (χ3v) is 3.05.